The molecule has 2 N–H and O–H groups in total. The van der Waals surface area contributed by atoms with Gasteiger partial charge in [0.2, 0.25) is 0 Å². The van der Waals surface area contributed by atoms with Gasteiger partial charge in [-0.05, 0) is 25.0 Å². The maximum Gasteiger partial charge on any atom is 0.290 e. The Bertz CT molecular complexity index is 886. The van der Waals surface area contributed by atoms with Crippen LogP contribution in [0.4, 0.5) is 5.82 Å². The number of aromatic amines is 1. The maximum atomic E-state index is 11.9. The molecule has 7 heteroatoms. The van der Waals surface area contributed by atoms with Gasteiger partial charge in [0.25, 0.3) is 5.56 Å². The van der Waals surface area contributed by atoms with Crippen molar-refractivity contribution in [1.29, 1.82) is 0 Å². The van der Waals surface area contributed by atoms with E-state index < -0.39 is 0 Å². The van der Waals surface area contributed by atoms with Crippen molar-refractivity contribution in [1.82, 2.24) is 24.7 Å². The summed E-state index contributed by atoms with van der Waals surface area (Å²) in [5.74, 6) is 0.515. The van der Waals surface area contributed by atoms with E-state index in [1.807, 2.05) is 24.5 Å². The topological polar surface area (TPSA) is 78.3 Å². The Labute approximate surface area is 139 Å². The molecule has 0 bridgehead atoms. The predicted molar refractivity (Wildman–Crippen MR) is 92.1 cm³/mol. The van der Waals surface area contributed by atoms with Gasteiger partial charge in [-0.15, -0.1) is 0 Å². The summed E-state index contributed by atoms with van der Waals surface area (Å²) in [5, 5.41) is 3.61. The fourth-order valence-corrected chi connectivity index (χ4v) is 3.31. The highest BCUT2D eigenvalue weighted by Crippen LogP contribution is 2.15. The third-order valence-electron chi connectivity index (χ3n) is 4.49. The van der Waals surface area contributed by atoms with E-state index in [0.29, 0.717) is 11.9 Å². The van der Waals surface area contributed by atoms with E-state index in [2.05, 4.69) is 35.6 Å². The molecule has 4 rings (SSSR count). The van der Waals surface area contributed by atoms with Crippen LogP contribution in [0.2, 0.25) is 0 Å². The largest absolute Gasteiger partial charge is 0.350 e. The molecule has 0 saturated carbocycles. The number of nitrogens with zero attached hydrogens (tertiary/aromatic N) is 4. The number of imidazole rings is 1. The average molecular weight is 324 g/mol. The zero-order valence-corrected chi connectivity index (χ0v) is 13.4. The molecule has 4 heterocycles. The normalized spacial score (nSPS) is 18.2. The van der Waals surface area contributed by atoms with Crippen LogP contribution < -0.4 is 15.8 Å². The van der Waals surface area contributed by atoms with Crippen molar-refractivity contribution in [2.45, 2.75) is 25.4 Å². The van der Waals surface area contributed by atoms with E-state index in [1.165, 1.54) is 5.69 Å². The molecule has 3 aromatic heterocycles. The van der Waals surface area contributed by atoms with Gasteiger partial charge in [-0.2, -0.15) is 0 Å². The number of piperidine rings is 1. The van der Waals surface area contributed by atoms with E-state index in [1.54, 1.807) is 12.4 Å². The molecule has 1 aliphatic heterocycles. The summed E-state index contributed by atoms with van der Waals surface area (Å²) in [6, 6.07) is 6.46. The van der Waals surface area contributed by atoms with Crippen molar-refractivity contribution in [3.63, 3.8) is 0 Å². The molecule has 0 radical (unpaired) electrons. The lowest BCUT2D eigenvalue weighted by Gasteiger charge is -2.33. The number of anilines is 1. The minimum absolute atomic E-state index is 0.124. The lowest BCUT2D eigenvalue weighted by molar-refractivity contribution is 0.416. The van der Waals surface area contributed by atoms with Crippen LogP contribution in [0.5, 0.6) is 0 Å². The molecule has 0 aromatic carbocycles. The van der Waals surface area contributed by atoms with E-state index in [9.17, 15) is 4.79 Å². The quantitative estimate of drug-likeness (QED) is 0.753. The van der Waals surface area contributed by atoms with Gasteiger partial charge in [-0.3, -0.25) is 4.79 Å². The summed E-state index contributed by atoms with van der Waals surface area (Å²) < 4.78 is 2.09. The SMILES string of the molecule is O=c1[nH]ccnc1N1CCC[C@H](NCc2cccc3nccn23)C1. The second-order valence-corrected chi connectivity index (χ2v) is 6.08. The predicted octanol–water partition coefficient (Wildman–Crippen LogP) is 1.18. The molecular weight excluding hydrogens is 304 g/mol. The number of pyridine rings is 1. The van der Waals surface area contributed by atoms with Crippen molar-refractivity contribution in [2.24, 2.45) is 0 Å². The van der Waals surface area contributed by atoms with Gasteiger partial charge in [-0.1, -0.05) is 6.07 Å². The number of hydrogen-bond donors (Lipinski definition) is 2. The summed E-state index contributed by atoms with van der Waals surface area (Å²) in [5.41, 5.74) is 2.01. The maximum absolute atomic E-state index is 11.9. The molecule has 1 aliphatic rings. The summed E-state index contributed by atoms with van der Waals surface area (Å²) in [6.07, 6.45) is 9.14. The van der Waals surface area contributed by atoms with Gasteiger partial charge >= 0.3 is 0 Å². The highest BCUT2D eigenvalue weighted by molar-refractivity contribution is 5.40. The van der Waals surface area contributed by atoms with Crippen LogP contribution in [0.3, 0.4) is 0 Å². The second-order valence-electron chi connectivity index (χ2n) is 6.08. The lowest BCUT2D eigenvalue weighted by atomic mass is 10.1. The minimum atomic E-state index is -0.124. The molecule has 1 saturated heterocycles. The second kappa shape index (κ2) is 6.45. The molecule has 0 spiro atoms. The molecule has 0 aliphatic carbocycles. The first-order valence-electron chi connectivity index (χ1n) is 8.24. The van der Waals surface area contributed by atoms with Gasteiger partial charge < -0.3 is 19.6 Å². The van der Waals surface area contributed by atoms with Crippen LogP contribution in [0.15, 0.2) is 47.8 Å². The van der Waals surface area contributed by atoms with E-state index in [-0.39, 0.29) is 5.56 Å². The number of fused-ring (bicyclic) bond motifs is 1. The molecule has 3 aromatic rings. The molecule has 1 atom stereocenters. The molecule has 1 fully saturated rings. The summed E-state index contributed by atoms with van der Waals surface area (Å²) >= 11 is 0. The van der Waals surface area contributed by atoms with Crippen molar-refractivity contribution < 1.29 is 0 Å². The van der Waals surface area contributed by atoms with E-state index >= 15 is 0 Å². The Morgan fingerprint density at radius 1 is 1.29 bits per heavy atom. The first-order valence-corrected chi connectivity index (χ1v) is 8.24. The van der Waals surface area contributed by atoms with Crippen LogP contribution >= 0.6 is 0 Å². The lowest BCUT2D eigenvalue weighted by Crippen LogP contribution is -2.47. The van der Waals surface area contributed by atoms with Crippen molar-refractivity contribution in [2.75, 3.05) is 18.0 Å². The third kappa shape index (κ3) is 2.90. The van der Waals surface area contributed by atoms with E-state index in [0.717, 1.165) is 38.1 Å². The first-order chi connectivity index (χ1) is 11.8. The zero-order chi connectivity index (χ0) is 16.4. The van der Waals surface area contributed by atoms with Crippen LogP contribution in [0.25, 0.3) is 5.65 Å². The van der Waals surface area contributed by atoms with Crippen molar-refractivity contribution in [3.8, 4) is 0 Å². The van der Waals surface area contributed by atoms with Gasteiger partial charge in [0.15, 0.2) is 5.82 Å². The fraction of sp³-hybridized carbons (Fsp3) is 0.353. The number of H-pyrrole nitrogens is 1. The Kier molecular flexibility index (Phi) is 4.00. The Hall–Kier alpha value is -2.67. The van der Waals surface area contributed by atoms with Crippen LogP contribution in [-0.2, 0) is 6.54 Å². The highest BCUT2D eigenvalue weighted by atomic mass is 16.1. The number of rotatable bonds is 4. The van der Waals surface area contributed by atoms with Crippen LogP contribution in [-0.4, -0.2) is 38.5 Å². The number of hydrogen-bond acceptors (Lipinski definition) is 5. The van der Waals surface area contributed by atoms with E-state index in [4.69, 9.17) is 0 Å². The molecule has 0 amide bonds. The summed E-state index contributed by atoms with van der Waals surface area (Å²) in [7, 11) is 0. The van der Waals surface area contributed by atoms with Gasteiger partial charge in [-0.25, -0.2) is 9.97 Å². The van der Waals surface area contributed by atoms with Crippen molar-refractivity contribution in [3.05, 3.63) is 59.0 Å². The summed E-state index contributed by atoms with van der Waals surface area (Å²) in [4.78, 5) is 25.2. The van der Waals surface area contributed by atoms with Gasteiger partial charge in [0, 0.05) is 56.2 Å². The standard InChI is InChI=1S/C17H20N6O/c24-17-16(19-6-7-20-17)22-9-2-3-13(12-22)21-11-14-4-1-5-15-18-8-10-23(14)15/h1,4-8,10,13,21H,2-3,9,11-12H2,(H,20,24)/t13-/m0/s1. The van der Waals surface area contributed by atoms with Gasteiger partial charge in [0.05, 0.1) is 0 Å². The third-order valence-corrected chi connectivity index (χ3v) is 4.49. The fourth-order valence-electron chi connectivity index (χ4n) is 3.31. The average Bonchev–Trinajstić information content (AvgIpc) is 3.10. The summed E-state index contributed by atoms with van der Waals surface area (Å²) in [6.45, 7) is 2.43. The Morgan fingerprint density at radius 2 is 2.25 bits per heavy atom. The zero-order valence-electron chi connectivity index (χ0n) is 13.4. The number of aromatic nitrogens is 4. The van der Waals surface area contributed by atoms with Crippen LogP contribution in [0, 0.1) is 0 Å². The van der Waals surface area contributed by atoms with Crippen molar-refractivity contribution >= 4 is 11.5 Å². The molecular formula is C17H20N6O. The van der Waals surface area contributed by atoms with Gasteiger partial charge in [0.1, 0.15) is 5.65 Å². The molecule has 24 heavy (non-hydrogen) atoms. The Morgan fingerprint density at radius 3 is 3.17 bits per heavy atom. The molecule has 7 nitrogen and oxygen atoms in total. The Balaban J connectivity index is 1.45. The first kappa shape index (κ1) is 14.9. The number of nitrogens with one attached hydrogen (secondary N) is 2. The van der Waals surface area contributed by atoms with Crippen LogP contribution in [0.1, 0.15) is 18.5 Å². The highest BCUT2D eigenvalue weighted by Gasteiger charge is 2.22. The smallest absolute Gasteiger partial charge is 0.290 e. The molecule has 124 valence electrons. The minimum Gasteiger partial charge on any atom is -0.350 e. The molecule has 0 unspecified atom stereocenters. The monoisotopic (exact) mass is 324 g/mol.